The largest absolute Gasteiger partial charge is 0.491 e. The van der Waals surface area contributed by atoms with E-state index in [1.165, 1.54) is 19.4 Å². The first-order valence-electron chi connectivity index (χ1n) is 8.45. The van der Waals surface area contributed by atoms with E-state index in [2.05, 4.69) is 5.32 Å². The molecule has 0 unspecified atom stereocenters. The summed E-state index contributed by atoms with van der Waals surface area (Å²) in [5.74, 6) is -1.95. The Balaban J connectivity index is 2.33. The van der Waals surface area contributed by atoms with Crippen molar-refractivity contribution in [3.05, 3.63) is 63.1 Å². The number of carbonyl (C=O) groups excluding carboxylic acids is 1. The third-order valence-electron chi connectivity index (χ3n) is 4.05. The number of amides is 1. The van der Waals surface area contributed by atoms with Gasteiger partial charge in [-0.05, 0) is 18.9 Å². The minimum absolute atomic E-state index is 0.0741. The molecule has 140 valence electrons. The molecule has 2 aromatic rings. The van der Waals surface area contributed by atoms with E-state index >= 15 is 0 Å². The Morgan fingerprint density at radius 1 is 1.27 bits per heavy atom. The van der Waals surface area contributed by atoms with Crippen molar-refractivity contribution in [2.24, 2.45) is 0 Å². The number of aryl methyl sites for hydroxylation is 1. The number of benzene rings is 1. The van der Waals surface area contributed by atoms with E-state index < -0.39 is 23.0 Å². The fraction of sp³-hybridized carbons (Fsp3) is 0.368. The summed E-state index contributed by atoms with van der Waals surface area (Å²) in [6.07, 6.45) is 2.91. The first-order valence-corrected chi connectivity index (χ1v) is 8.45. The van der Waals surface area contributed by atoms with Crippen LogP contribution in [0, 0.1) is 11.6 Å². The zero-order valence-electron chi connectivity index (χ0n) is 15.1. The highest BCUT2D eigenvalue weighted by atomic mass is 19.1. The van der Waals surface area contributed by atoms with Crippen LogP contribution in [0.25, 0.3) is 0 Å². The standard InChI is InChI=1S/C19H22F2N2O3/c1-4-8-23-11-14(17(24)18(26-3)16(23)5-2)19(25)22-10-12-6-7-13(20)9-15(12)21/h6-7,9,11H,4-5,8,10H2,1-3H3,(H,22,25). The van der Waals surface area contributed by atoms with Gasteiger partial charge in [0.25, 0.3) is 5.91 Å². The number of aromatic nitrogens is 1. The van der Waals surface area contributed by atoms with Gasteiger partial charge in [-0.3, -0.25) is 9.59 Å². The summed E-state index contributed by atoms with van der Waals surface area (Å²) in [4.78, 5) is 25.0. The molecule has 26 heavy (non-hydrogen) atoms. The van der Waals surface area contributed by atoms with Gasteiger partial charge in [0.1, 0.15) is 17.2 Å². The molecule has 0 aliphatic carbocycles. The second-order valence-corrected chi connectivity index (χ2v) is 5.82. The molecule has 0 saturated heterocycles. The Hall–Kier alpha value is -2.70. The van der Waals surface area contributed by atoms with Crippen LogP contribution < -0.4 is 15.5 Å². The quantitative estimate of drug-likeness (QED) is 0.822. The van der Waals surface area contributed by atoms with E-state index in [0.717, 1.165) is 24.2 Å². The zero-order chi connectivity index (χ0) is 19.3. The van der Waals surface area contributed by atoms with Gasteiger partial charge in [0.2, 0.25) is 5.43 Å². The number of ether oxygens (including phenoxy) is 1. The highest BCUT2D eigenvalue weighted by Gasteiger charge is 2.20. The van der Waals surface area contributed by atoms with E-state index in [1.54, 1.807) is 0 Å². The van der Waals surface area contributed by atoms with Crippen molar-refractivity contribution in [2.45, 2.75) is 39.8 Å². The Kier molecular flexibility index (Phi) is 6.49. The third kappa shape index (κ3) is 4.09. The molecule has 0 aliphatic rings. The van der Waals surface area contributed by atoms with Crippen molar-refractivity contribution in [3.63, 3.8) is 0 Å². The van der Waals surface area contributed by atoms with Gasteiger partial charge in [0.15, 0.2) is 5.75 Å². The van der Waals surface area contributed by atoms with Gasteiger partial charge in [-0.25, -0.2) is 8.78 Å². The maximum atomic E-state index is 13.7. The maximum absolute atomic E-state index is 13.7. The molecule has 2 rings (SSSR count). The second kappa shape index (κ2) is 8.60. The maximum Gasteiger partial charge on any atom is 0.257 e. The number of hydrogen-bond acceptors (Lipinski definition) is 3. The SMILES string of the molecule is CCCn1cc(C(=O)NCc2ccc(F)cc2F)c(=O)c(OC)c1CC. The molecule has 0 fully saturated rings. The minimum Gasteiger partial charge on any atom is -0.491 e. The van der Waals surface area contributed by atoms with Gasteiger partial charge in [0, 0.05) is 30.9 Å². The molecule has 0 aliphatic heterocycles. The number of carbonyl (C=O) groups is 1. The summed E-state index contributed by atoms with van der Waals surface area (Å²) in [5, 5.41) is 2.50. The van der Waals surface area contributed by atoms with Gasteiger partial charge >= 0.3 is 0 Å². The Morgan fingerprint density at radius 3 is 2.58 bits per heavy atom. The molecule has 1 aromatic heterocycles. The Morgan fingerprint density at radius 2 is 2.00 bits per heavy atom. The van der Waals surface area contributed by atoms with E-state index in [-0.39, 0.29) is 23.4 Å². The summed E-state index contributed by atoms with van der Waals surface area (Å²) in [5.41, 5.74) is 0.273. The van der Waals surface area contributed by atoms with Gasteiger partial charge < -0.3 is 14.6 Å². The predicted molar refractivity (Wildman–Crippen MR) is 94.5 cm³/mol. The lowest BCUT2D eigenvalue weighted by Crippen LogP contribution is -2.31. The average molecular weight is 364 g/mol. The normalized spacial score (nSPS) is 10.7. The zero-order valence-corrected chi connectivity index (χ0v) is 15.1. The molecule has 1 amide bonds. The van der Waals surface area contributed by atoms with Crippen molar-refractivity contribution in [3.8, 4) is 5.75 Å². The highest BCUT2D eigenvalue weighted by molar-refractivity contribution is 5.94. The van der Waals surface area contributed by atoms with Crippen LogP contribution in [0.2, 0.25) is 0 Å². The molecule has 0 saturated carbocycles. The molecule has 1 heterocycles. The lowest BCUT2D eigenvalue weighted by Gasteiger charge is -2.17. The first-order chi connectivity index (χ1) is 12.4. The van der Waals surface area contributed by atoms with Crippen molar-refractivity contribution in [1.29, 1.82) is 0 Å². The number of halogens is 2. The number of nitrogens with one attached hydrogen (secondary N) is 1. The van der Waals surface area contributed by atoms with E-state index in [9.17, 15) is 18.4 Å². The molecule has 0 radical (unpaired) electrons. The summed E-state index contributed by atoms with van der Waals surface area (Å²) >= 11 is 0. The van der Waals surface area contributed by atoms with Crippen LogP contribution in [0.4, 0.5) is 8.78 Å². The molecule has 1 N–H and O–H groups in total. The molecule has 1 aromatic carbocycles. The predicted octanol–water partition coefficient (Wildman–Crippen LogP) is 3.04. The molecule has 5 nitrogen and oxygen atoms in total. The van der Waals surface area contributed by atoms with E-state index in [4.69, 9.17) is 4.74 Å². The summed E-state index contributed by atoms with van der Waals surface area (Å²) < 4.78 is 33.7. The molecule has 0 atom stereocenters. The smallest absolute Gasteiger partial charge is 0.257 e. The third-order valence-corrected chi connectivity index (χ3v) is 4.05. The van der Waals surface area contributed by atoms with Crippen LogP contribution in [-0.2, 0) is 19.5 Å². The van der Waals surface area contributed by atoms with E-state index in [1.807, 2.05) is 18.4 Å². The van der Waals surface area contributed by atoms with Crippen molar-refractivity contribution in [2.75, 3.05) is 7.11 Å². The number of pyridine rings is 1. The monoisotopic (exact) mass is 364 g/mol. The molecular formula is C19H22F2N2O3. The number of hydrogen-bond donors (Lipinski definition) is 1. The van der Waals surface area contributed by atoms with Gasteiger partial charge in [0.05, 0.1) is 12.8 Å². The number of methoxy groups -OCH3 is 1. The highest BCUT2D eigenvalue weighted by Crippen LogP contribution is 2.17. The minimum atomic E-state index is -0.757. The van der Waals surface area contributed by atoms with Crippen LogP contribution in [-0.4, -0.2) is 17.6 Å². The first kappa shape index (κ1) is 19.6. The molecule has 0 bridgehead atoms. The fourth-order valence-corrected chi connectivity index (χ4v) is 2.79. The Bertz CT molecular complexity index is 863. The van der Waals surface area contributed by atoms with Crippen LogP contribution in [0.3, 0.4) is 0 Å². The van der Waals surface area contributed by atoms with Crippen LogP contribution in [0.15, 0.2) is 29.2 Å². The second-order valence-electron chi connectivity index (χ2n) is 5.82. The van der Waals surface area contributed by atoms with Crippen molar-refractivity contribution in [1.82, 2.24) is 9.88 Å². The number of rotatable bonds is 7. The summed E-state index contributed by atoms with van der Waals surface area (Å²) in [6.45, 7) is 4.37. The lowest BCUT2D eigenvalue weighted by molar-refractivity contribution is 0.0948. The molecule has 7 heteroatoms. The molecular weight excluding hydrogens is 342 g/mol. The van der Waals surface area contributed by atoms with Crippen LogP contribution in [0.5, 0.6) is 5.75 Å². The number of nitrogens with zero attached hydrogens (tertiary/aromatic N) is 1. The van der Waals surface area contributed by atoms with Gasteiger partial charge in [-0.2, -0.15) is 0 Å². The van der Waals surface area contributed by atoms with Crippen molar-refractivity contribution < 1.29 is 18.3 Å². The molecule has 0 spiro atoms. The Labute approximate surface area is 150 Å². The van der Waals surface area contributed by atoms with Crippen molar-refractivity contribution >= 4 is 5.91 Å². The summed E-state index contributed by atoms with van der Waals surface area (Å²) in [6, 6.07) is 3.10. The lowest BCUT2D eigenvalue weighted by atomic mass is 10.1. The topological polar surface area (TPSA) is 60.3 Å². The average Bonchev–Trinajstić information content (AvgIpc) is 2.61. The van der Waals surface area contributed by atoms with Gasteiger partial charge in [-0.15, -0.1) is 0 Å². The van der Waals surface area contributed by atoms with Crippen LogP contribution in [0.1, 0.15) is 41.9 Å². The van der Waals surface area contributed by atoms with Crippen LogP contribution >= 0.6 is 0 Å². The van der Waals surface area contributed by atoms with E-state index in [0.29, 0.717) is 13.0 Å². The van der Waals surface area contributed by atoms with Gasteiger partial charge in [-0.1, -0.05) is 19.9 Å². The summed E-state index contributed by atoms with van der Waals surface area (Å²) in [7, 11) is 1.39. The fourth-order valence-electron chi connectivity index (χ4n) is 2.79.